The van der Waals surface area contributed by atoms with Crippen molar-refractivity contribution >= 4 is 40.6 Å². The molecule has 0 spiro atoms. The largest absolute Gasteiger partial charge is 0.480 e. The molecule has 220 valence electrons. The fourth-order valence-electron chi connectivity index (χ4n) is 4.03. The molecule has 0 radical (unpaired) electrons. The predicted molar refractivity (Wildman–Crippen MR) is 150 cm³/mol. The lowest BCUT2D eigenvalue weighted by Crippen LogP contribution is -2.59. The van der Waals surface area contributed by atoms with Gasteiger partial charge in [-0.25, -0.2) is 4.79 Å². The molecular weight excluding hydrogens is 520 g/mol. The Kier molecular flexibility index (Phi) is 11.9. The first-order chi connectivity index (χ1) is 18.8. The van der Waals surface area contributed by atoms with Crippen molar-refractivity contribution in [3.05, 3.63) is 36.0 Å². The summed E-state index contributed by atoms with van der Waals surface area (Å²) in [4.78, 5) is 57.9. The van der Waals surface area contributed by atoms with Crippen LogP contribution in [0, 0.1) is 5.92 Å². The van der Waals surface area contributed by atoms with Crippen molar-refractivity contribution in [1.29, 1.82) is 0 Å². The molecule has 5 unspecified atom stereocenters. The molecule has 0 saturated carbocycles. The first kappa shape index (κ1) is 32.0. The number of carboxylic acids is 1. The molecule has 0 aliphatic heterocycles. The number of benzene rings is 1. The van der Waals surface area contributed by atoms with E-state index in [0.717, 1.165) is 10.9 Å². The molecule has 0 aliphatic carbocycles. The number of aliphatic carboxylic acids is 1. The number of para-hydroxylation sites is 1. The van der Waals surface area contributed by atoms with E-state index < -0.39 is 59.9 Å². The number of aliphatic imine (C=N–C) groups is 1. The molecule has 0 saturated heterocycles. The Hall–Kier alpha value is -4.17. The highest BCUT2D eigenvalue weighted by Gasteiger charge is 2.32. The molecule has 2 rings (SSSR count). The number of hydrogen-bond donors (Lipinski definition) is 9. The molecule has 0 bridgehead atoms. The number of nitrogens with two attached hydrogens (primary N) is 3. The van der Waals surface area contributed by atoms with Gasteiger partial charge < -0.3 is 48.3 Å². The first-order valence-corrected chi connectivity index (χ1v) is 13.0. The van der Waals surface area contributed by atoms with Gasteiger partial charge in [0.05, 0.1) is 6.10 Å². The number of aromatic amines is 1. The van der Waals surface area contributed by atoms with E-state index in [1.807, 2.05) is 24.3 Å². The SMILES string of the molecule is CC(C)C(NC(=O)C(CCCN=C(N)N)NC(=O)C(N)C(C)O)C(=O)NC(Cc1c[nH]c2ccccc12)C(=O)O. The van der Waals surface area contributed by atoms with Crippen LogP contribution < -0.4 is 33.2 Å². The van der Waals surface area contributed by atoms with Gasteiger partial charge in [-0.1, -0.05) is 32.0 Å². The van der Waals surface area contributed by atoms with Crippen LogP contribution in [-0.2, 0) is 25.6 Å². The molecule has 0 fully saturated rings. The summed E-state index contributed by atoms with van der Waals surface area (Å²) in [6.07, 6.45) is 0.965. The number of guanidine groups is 1. The Morgan fingerprint density at radius 3 is 2.23 bits per heavy atom. The van der Waals surface area contributed by atoms with Gasteiger partial charge in [-0.05, 0) is 37.3 Å². The summed E-state index contributed by atoms with van der Waals surface area (Å²) >= 11 is 0. The number of carbonyl (C=O) groups is 4. The van der Waals surface area contributed by atoms with Crippen molar-refractivity contribution in [3.63, 3.8) is 0 Å². The number of carbonyl (C=O) groups excluding carboxylic acids is 3. The second-order valence-corrected chi connectivity index (χ2v) is 9.97. The number of aliphatic hydroxyl groups is 1. The Labute approximate surface area is 232 Å². The van der Waals surface area contributed by atoms with Gasteiger partial charge >= 0.3 is 5.97 Å². The Bertz CT molecular complexity index is 1210. The highest BCUT2D eigenvalue weighted by atomic mass is 16.4. The number of H-pyrrole nitrogens is 1. The topological polar surface area (TPSA) is 251 Å². The summed E-state index contributed by atoms with van der Waals surface area (Å²) in [5.41, 5.74) is 17.9. The number of fused-ring (bicyclic) bond motifs is 1. The number of aromatic nitrogens is 1. The van der Waals surface area contributed by atoms with Gasteiger partial charge in [0, 0.05) is 30.1 Å². The molecule has 2 aromatic rings. The minimum atomic E-state index is -1.28. The van der Waals surface area contributed by atoms with Crippen molar-refractivity contribution in [2.45, 2.75) is 70.3 Å². The summed E-state index contributed by atoms with van der Waals surface area (Å²) in [7, 11) is 0. The van der Waals surface area contributed by atoms with Crippen molar-refractivity contribution in [2.24, 2.45) is 28.1 Å². The lowest BCUT2D eigenvalue weighted by molar-refractivity contribution is -0.142. The third-order valence-electron chi connectivity index (χ3n) is 6.36. The van der Waals surface area contributed by atoms with E-state index >= 15 is 0 Å². The highest BCUT2D eigenvalue weighted by Crippen LogP contribution is 2.19. The second-order valence-electron chi connectivity index (χ2n) is 9.97. The number of amides is 3. The van der Waals surface area contributed by atoms with E-state index in [9.17, 15) is 29.4 Å². The molecule has 1 heterocycles. The molecule has 3 amide bonds. The fourth-order valence-corrected chi connectivity index (χ4v) is 4.03. The van der Waals surface area contributed by atoms with Crippen LogP contribution in [0.2, 0.25) is 0 Å². The summed E-state index contributed by atoms with van der Waals surface area (Å²) in [6.45, 7) is 4.91. The monoisotopic (exact) mass is 560 g/mol. The number of rotatable bonds is 15. The van der Waals surface area contributed by atoms with E-state index in [1.165, 1.54) is 6.92 Å². The van der Waals surface area contributed by atoms with Crippen LogP contribution in [0.1, 0.15) is 39.2 Å². The maximum absolute atomic E-state index is 13.2. The van der Waals surface area contributed by atoms with Crippen LogP contribution in [-0.4, -0.2) is 81.7 Å². The zero-order chi connectivity index (χ0) is 30.0. The molecule has 40 heavy (non-hydrogen) atoms. The van der Waals surface area contributed by atoms with Gasteiger partial charge in [0.1, 0.15) is 24.2 Å². The van der Waals surface area contributed by atoms with Crippen LogP contribution >= 0.6 is 0 Å². The second kappa shape index (κ2) is 14.8. The van der Waals surface area contributed by atoms with Crippen LogP contribution in [0.15, 0.2) is 35.5 Å². The number of nitrogens with zero attached hydrogens (tertiary/aromatic N) is 1. The smallest absolute Gasteiger partial charge is 0.326 e. The van der Waals surface area contributed by atoms with Crippen molar-refractivity contribution in [3.8, 4) is 0 Å². The van der Waals surface area contributed by atoms with Crippen molar-refractivity contribution < 1.29 is 29.4 Å². The fraction of sp³-hybridized carbons (Fsp3) is 0.500. The van der Waals surface area contributed by atoms with Gasteiger partial charge in [0.15, 0.2) is 5.96 Å². The lowest BCUT2D eigenvalue weighted by Gasteiger charge is -2.27. The van der Waals surface area contributed by atoms with Crippen LogP contribution in [0.5, 0.6) is 0 Å². The molecule has 14 nitrogen and oxygen atoms in total. The average Bonchev–Trinajstić information content (AvgIpc) is 3.30. The molecule has 1 aromatic carbocycles. The normalized spacial score (nSPS) is 14.9. The van der Waals surface area contributed by atoms with Crippen LogP contribution in [0.3, 0.4) is 0 Å². The van der Waals surface area contributed by atoms with E-state index in [0.29, 0.717) is 12.0 Å². The van der Waals surface area contributed by atoms with E-state index in [4.69, 9.17) is 17.2 Å². The standard InChI is InChI=1S/C26H40N8O6/c1-13(2)21(24(38)33-19(25(39)40)11-15-12-31-17-8-5-4-7-16(15)17)34-22(36)18(9-6-10-30-26(28)29)32-23(37)20(27)14(3)35/h4-5,7-8,12-14,18-21,31,35H,6,9-11,27H2,1-3H3,(H,32,37)(H,33,38)(H,34,36)(H,39,40)(H4,28,29,30). The summed E-state index contributed by atoms with van der Waals surface area (Å²) < 4.78 is 0. The predicted octanol–water partition coefficient (Wildman–Crippen LogP) is -1.33. The molecule has 14 heteroatoms. The summed E-state index contributed by atoms with van der Waals surface area (Å²) in [6, 6.07) is 2.62. The van der Waals surface area contributed by atoms with Crippen molar-refractivity contribution in [1.82, 2.24) is 20.9 Å². The van der Waals surface area contributed by atoms with Crippen LogP contribution in [0.4, 0.5) is 0 Å². The Balaban J connectivity index is 2.17. The third-order valence-corrected chi connectivity index (χ3v) is 6.36. The lowest BCUT2D eigenvalue weighted by atomic mass is 10.00. The Morgan fingerprint density at radius 2 is 1.62 bits per heavy atom. The van der Waals surface area contributed by atoms with Gasteiger partial charge in [-0.15, -0.1) is 0 Å². The quantitative estimate of drug-likeness (QED) is 0.0709. The summed E-state index contributed by atoms with van der Waals surface area (Å²) in [5, 5.41) is 28.0. The number of carboxylic acid groups (broad SMARTS) is 1. The maximum atomic E-state index is 13.2. The molecular formula is C26H40N8O6. The first-order valence-electron chi connectivity index (χ1n) is 13.0. The molecule has 0 aliphatic rings. The molecule has 1 aromatic heterocycles. The number of hydrogen-bond acceptors (Lipinski definition) is 7. The minimum Gasteiger partial charge on any atom is -0.480 e. The molecule has 12 N–H and O–H groups in total. The van der Waals surface area contributed by atoms with Gasteiger partial charge in [0.2, 0.25) is 17.7 Å². The number of nitrogens with one attached hydrogen (secondary N) is 4. The van der Waals surface area contributed by atoms with Gasteiger partial charge in [0.25, 0.3) is 0 Å². The number of aliphatic hydroxyl groups excluding tert-OH is 1. The van der Waals surface area contributed by atoms with E-state index in [1.54, 1.807) is 20.0 Å². The zero-order valence-electron chi connectivity index (χ0n) is 22.9. The van der Waals surface area contributed by atoms with E-state index in [2.05, 4.69) is 25.9 Å². The maximum Gasteiger partial charge on any atom is 0.326 e. The zero-order valence-corrected chi connectivity index (χ0v) is 22.9. The highest BCUT2D eigenvalue weighted by molar-refractivity contribution is 5.94. The summed E-state index contributed by atoms with van der Waals surface area (Å²) in [5.74, 6) is -3.92. The Morgan fingerprint density at radius 1 is 0.975 bits per heavy atom. The van der Waals surface area contributed by atoms with Gasteiger partial charge in [-0.2, -0.15) is 0 Å². The van der Waals surface area contributed by atoms with E-state index in [-0.39, 0.29) is 25.3 Å². The minimum absolute atomic E-state index is 0.0184. The molecule has 5 atom stereocenters. The van der Waals surface area contributed by atoms with Crippen LogP contribution in [0.25, 0.3) is 10.9 Å². The van der Waals surface area contributed by atoms with Gasteiger partial charge in [-0.3, -0.25) is 19.4 Å². The van der Waals surface area contributed by atoms with Crippen molar-refractivity contribution in [2.75, 3.05) is 6.54 Å². The average molecular weight is 561 g/mol. The third kappa shape index (κ3) is 9.24.